The van der Waals surface area contributed by atoms with E-state index in [0.717, 1.165) is 18.3 Å². The summed E-state index contributed by atoms with van der Waals surface area (Å²) >= 11 is 0. The Labute approximate surface area is 113 Å². The highest BCUT2D eigenvalue weighted by Gasteiger charge is 2.35. The highest BCUT2D eigenvalue weighted by atomic mass is 19.4. The fourth-order valence-electron chi connectivity index (χ4n) is 1.70. The van der Waals surface area contributed by atoms with Crippen molar-refractivity contribution in [1.82, 2.24) is 9.88 Å². The van der Waals surface area contributed by atoms with Gasteiger partial charge in [-0.2, -0.15) is 13.2 Å². The Bertz CT molecular complexity index is 487. The number of likely N-dealkylation sites (tertiary alicyclic amines) is 1. The van der Waals surface area contributed by atoms with Crippen LogP contribution in [0.15, 0.2) is 18.3 Å². The van der Waals surface area contributed by atoms with Crippen LogP contribution in [0.5, 0.6) is 5.88 Å². The van der Waals surface area contributed by atoms with Gasteiger partial charge >= 0.3 is 12.3 Å². The van der Waals surface area contributed by atoms with Gasteiger partial charge in [-0.25, -0.2) is 9.78 Å². The molecule has 0 aliphatic carbocycles. The molecule has 110 valence electrons. The monoisotopic (exact) mass is 290 g/mol. The van der Waals surface area contributed by atoms with Gasteiger partial charge in [-0.1, -0.05) is 0 Å². The molecule has 0 atom stereocenters. The van der Waals surface area contributed by atoms with Gasteiger partial charge in [0.15, 0.2) is 0 Å². The first kappa shape index (κ1) is 14.4. The zero-order valence-corrected chi connectivity index (χ0v) is 10.7. The molecule has 0 saturated carbocycles. The molecule has 1 aliphatic heterocycles. The molecule has 0 unspecified atom stereocenters. The van der Waals surface area contributed by atoms with Gasteiger partial charge in [-0.05, 0) is 13.0 Å². The van der Waals surface area contributed by atoms with Crippen molar-refractivity contribution in [3.8, 4) is 5.88 Å². The van der Waals surface area contributed by atoms with Gasteiger partial charge in [-0.15, -0.1) is 0 Å². The first-order chi connectivity index (χ1) is 9.40. The van der Waals surface area contributed by atoms with E-state index < -0.39 is 17.8 Å². The highest BCUT2D eigenvalue weighted by molar-refractivity contribution is 5.68. The summed E-state index contributed by atoms with van der Waals surface area (Å²) in [5, 5.41) is 0. The van der Waals surface area contributed by atoms with Gasteiger partial charge in [0.2, 0.25) is 5.88 Å². The fourth-order valence-corrected chi connectivity index (χ4v) is 1.70. The summed E-state index contributed by atoms with van der Waals surface area (Å²) in [5.74, 6) is -0.103. The third-order valence-electron chi connectivity index (χ3n) is 2.72. The molecule has 1 saturated heterocycles. The molecule has 2 rings (SSSR count). The lowest BCUT2D eigenvalue weighted by Gasteiger charge is -2.37. The lowest BCUT2D eigenvalue weighted by atomic mass is 10.2. The van der Waals surface area contributed by atoms with E-state index in [2.05, 4.69) is 4.98 Å². The summed E-state index contributed by atoms with van der Waals surface area (Å²) in [5.41, 5.74) is -0.816. The third kappa shape index (κ3) is 3.31. The highest BCUT2D eigenvalue weighted by Crippen LogP contribution is 2.30. The van der Waals surface area contributed by atoms with Crippen LogP contribution in [0, 0.1) is 0 Å². The Balaban J connectivity index is 1.89. The lowest BCUT2D eigenvalue weighted by Crippen LogP contribution is -2.56. The van der Waals surface area contributed by atoms with E-state index in [1.807, 2.05) is 0 Å². The van der Waals surface area contributed by atoms with Gasteiger partial charge in [0.1, 0.15) is 6.10 Å². The Kier molecular flexibility index (Phi) is 4.01. The standard InChI is InChI=1S/C12H13F3N2O3/c1-2-19-11(18)17-6-9(7-17)20-10-5-8(3-4-16-10)12(13,14)15/h3-5,9H,2,6-7H2,1H3. The average Bonchev–Trinajstić information content (AvgIpc) is 2.33. The van der Waals surface area contributed by atoms with Crippen molar-refractivity contribution in [2.75, 3.05) is 19.7 Å². The van der Waals surface area contributed by atoms with Crippen LogP contribution >= 0.6 is 0 Å². The number of carbonyl (C=O) groups is 1. The molecule has 0 radical (unpaired) electrons. The minimum Gasteiger partial charge on any atom is -0.471 e. The number of amides is 1. The molecule has 0 spiro atoms. The number of alkyl halides is 3. The van der Waals surface area contributed by atoms with Crippen LogP contribution in [0.3, 0.4) is 0 Å². The van der Waals surface area contributed by atoms with Gasteiger partial charge < -0.3 is 14.4 Å². The van der Waals surface area contributed by atoms with Crippen LogP contribution in [0.2, 0.25) is 0 Å². The molecular weight excluding hydrogens is 277 g/mol. The molecular formula is C12H13F3N2O3. The second-order valence-corrected chi connectivity index (χ2v) is 4.22. The summed E-state index contributed by atoms with van der Waals surface area (Å²) in [6, 6.07) is 1.71. The third-order valence-corrected chi connectivity index (χ3v) is 2.72. The second kappa shape index (κ2) is 5.56. The van der Waals surface area contributed by atoms with Crippen molar-refractivity contribution in [3.05, 3.63) is 23.9 Å². The Hall–Kier alpha value is -1.99. The maximum atomic E-state index is 12.5. The zero-order chi connectivity index (χ0) is 14.8. The van der Waals surface area contributed by atoms with Crippen molar-refractivity contribution < 1.29 is 27.4 Å². The summed E-state index contributed by atoms with van der Waals surface area (Å²) in [6.45, 7) is 2.52. The summed E-state index contributed by atoms with van der Waals surface area (Å²) in [6.07, 6.45) is -4.21. The van der Waals surface area contributed by atoms with E-state index in [9.17, 15) is 18.0 Å². The van der Waals surface area contributed by atoms with Crippen LogP contribution in [-0.2, 0) is 10.9 Å². The second-order valence-electron chi connectivity index (χ2n) is 4.22. The Morgan fingerprint density at radius 1 is 1.50 bits per heavy atom. The molecule has 5 nitrogen and oxygen atoms in total. The van der Waals surface area contributed by atoms with Crippen molar-refractivity contribution in [2.24, 2.45) is 0 Å². The van der Waals surface area contributed by atoms with E-state index in [-0.39, 0.29) is 31.7 Å². The topological polar surface area (TPSA) is 51.7 Å². The summed E-state index contributed by atoms with van der Waals surface area (Å²) < 4.78 is 47.6. The van der Waals surface area contributed by atoms with Crippen LogP contribution in [0.25, 0.3) is 0 Å². The van der Waals surface area contributed by atoms with Gasteiger partial charge in [-0.3, -0.25) is 0 Å². The number of halogens is 3. The maximum Gasteiger partial charge on any atom is 0.416 e. The zero-order valence-electron chi connectivity index (χ0n) is 10.7. The average molecular weight is 290 g/mol. The lowest BCUT2D eigenvalue weighted by molar-refractivity contribution is -0.137. The predicted octanol–water partition coefficient (Wildman–Crippen LogP) is 2.32. The number of rotatable bonds is 3. The van der Waals surface area contributed by atoms with Gasteiger partial charge in [0.05, 0.1) is 25.3 Å². The van der Waals surface area contributed by atoms with Crippen LogP contribution in [0.4, 0.5) is 18.0 Å². The smallest absolute Gasteiger partial charge is 0.416 e. The molecule has 2 heterocycles. The normalized spacial score (nSPS) is 15.7. The molecule has 1 aromatic heterocycles. The number of pyridine rings is 1. The van der Waals surface area contributed by atoms with Crippen LogP contribution < -0.4 is 4.74 Å². The summed E-state index contributed by atoms with van der Waals surface area (Å²) in [7, 11) is 0. The number of hydrogen-bond donors (Lipinski definition) is 0. The maximum absolute atomic E-state index is 12.5. The van der Waals surface area contributed by atoms with E-state index >= 15 is 0 Å². The van der Waals surface area contributed by atoms with Gasteiger partial charge in [0.25, 0.3) is 0 Å². The summed E-state index contributed by atoms with van der Waals surface area (Å²) in [4.78, 5) is 16.4. The fraction of sp³-hybridized carbons (Fsp3) is 0.500. The molecule has 1 aromatic rings. The number of aromatic nitrogens is 1. The molecule has 0 N–H and O–H groups in total. The minimum absolute atomic E-state index is 0.103. The van der Waals surface area contributed by atoms with Crippen molar-refractivity contribution in [2.45, 2.75) is 19.2 Å². The van der Waals surface area contributed by atoms with Crippen molar-refractivity contribution >= 4 is 6.09 Å². The molecule has 1 amide bonds. The van der Waals surface area contributed by atoms with E-state index in [1.54, 1.807) is 6.92 Å². The van der Waals surface area contributed by atoms with Crippen molar-refractivity contribution in [3.63, 3.8) is 0 Å². The Morgan fingerprint density at radius 3 is 2.80 bits per heavy atom. The molecule has 0 bridgehead atoms. The predicted molar refractivity (Wildman–Crippen MR) is 62.3 cm³/mol. The van der Waals surface area contributed by atoms with Gasteiger partial charge in [0, 0.05) is 12.3 Å². The molecule has 1 aliphatic rings. The number of ether oxygens (including phenoxy) is 2. The Morgan fingerprint density at radius 2 is 2.20 bits per heavy atom. The number of nitrogens with zero attached hydrogens (tertiary/aromatic N) is 2. The van der Waals surface area contributed by atoms with E-state index in [0.29, 0.717) is 0 Å². The SMILES string of the molecule is CCOC(=O)N1CC(Oc2cc(C(F)(F)F)ccn2)C1. The van der Waals surface area contributed by atoms with Crippen LogP contribution in [0.1, 0.15) is 12.5 Å². The quantitative estimate of drug-likeness (QED) is 0.857. The first-order valence-electron chi connectivity index (χ1n) is 6.01. The molecule has 8 heteroatoms. The molecule has 0 aromatic carbocycles. The van der Waals surface area contributed by atoms with E-state index in [4.69, 9.17) is 9.47 Å². The minimum atomic E-state index is -4.43. The largest absolute Gasteiger partial charge is 0.471 e. The molecule has 1 fully saturated rings. The van der Waals surface area contributed by atoms with E-state index in [1.165, 1.54) is 4.90 Å². The first-order valence-corrected chi connectivity index (χ1v) is 6.01. The van der Waals surface area contributed by atoms with Crippen molar-refractivity contribution in [1.29, 1.82) is 0 Å². The number of carbonyl (C=O) groups excluding carboxylic acids is 1. The molecule has 20 heavy (non-hydrogen) atoms. The van der Waals surface area contributed by atoms with Crippen LogP contribution in [-0.4, -0.2) is 41.8 Å². The number of hydrogen-bond acceptors (Lipinski definition) is 4.